The van der Waals surface area contributed by atoms with Crippen LogP contribution < -0.4 is 0 Å². The van der Waals surface area contributed by atoms with Gasteiger partial charge in [-0.15, -0.1) is 0 Å². The molecular weight excluding hydrogens is 314 g/mol. The molecule has 1 aliphatic heterocycles. The van der Waals surface area contributed by atoms with Crippen molar-refractivity contribution in [2.24, 2.45) is 0 Å². The van der Waals surface area contributed by atoms with Crippen LogP contribution in [0.3, 0.4) is 0 Å². The zero-order valence-corrected chi connectivity index (χ0v) is 15.4. The molecule has 0 saturated carbocycles. The predicted molar refractivity (Wildman–Crippen MR) is 100 cm³/mol. The van der Waals surface area contributed by atoms with E-state index in [0.29, 0.717) is 18.5 Å². The molecule has 1 unspecified atom stereocenters. The second-order valence-corrected chi connectivity index (χ2v) is 7.11. The molecule has 4 nitrogen and oxygen atoms in total. The smallest absolute Gasteiger partial charge is 0.407 e. The number of Topliss-reactive ketones (excluding diaryl/α,β-unsaturated/α-hetero) is 1. The number of benzene rings is 1. The number of carboxylic acid groups (broad SMARTS) is 1. The molecule has 1 saturated heterocycles. The molecule has 25 heavy (non-hydrogen) atoms. The molecule has 0 bridgehead atoms. The summed E-state index contributed by atoms with van der Waals surface area (Å²) in [5.74, 6) is 0.0456. The lowest BCUT2D eigenvalue weighted by Crippen LogP contribution is -2.35. The molecule has 1 aromatic rings. The second-order valence-electron chi connectivity index (χ2n) is 7.11. The number of nitrogens with zero attached hydrogens (tertiary/aromatic N) is 1. The third kappa shape index (κ3) is 6.18. The summed E-state index contributed by atoms with van der Waals surface area (Å²) < 4.78 is 0. The highest BCUT2D eigenvalue weighted by Gasteiger charge is 2.30. The molecule has 1 N–H and O–H groups in total. The SMILES string of the molecule is CCCCCCCCc1ccc(C(=O)CC2CCCN2C(=O)O)cc1. The fourth-order valence-corrected chi connectivity index (χ4v) is 3.60. The summed E-state index contributed by atoms with van der Waals surface area (Å²) in [6.45, 7) is 2.78. The molecule has 138 valence electrons. The van der Waals surface area contributed by atoms with E-state index in [0.717, 1.165) is 19.3 Å². The summed E-state index contributed by atoms with van der Waals surface area (Å²) in [5.41, 5.74) is 1.98. The normalized spacial score (nSPS) is 17.0. The van der Waals surface area contributed by atoms with E-state index in [-0.39, 0.29) is 11.8 Å². The number of hydrogen-bond acceptors (Lipinski definition) is 2. The topological polar surface area (TPSA) is 57.6 Å². The number of aryl methyl sites for hydroxylation is 1. The molecule has 0 radical (unpaired) electrons. The Morgan fingerprint density at radius 3 is 2.44 bits per heavy atom. The number of rotatable bonds is 10. The van der Waals surface area contributed by atoms with Crippen molar-refractivity contribution in [3.8, 4) is 0 Å². The van der Waals surface area contributed by atoms with Gasteiger partial charge in [-0.1, -0.05) is 63.3 Å². The first-order valence-electron chi connectivity index (χ1n) is 9.73. The summed E-state index contributed by atoms with van der Waals surface area (Å²) in [5, 5.41) is 9.17. The average molecular weight is 345 g/mol. The molecule has 1 aromatic carbocycles. The van der Waals surface area contributed by atoms with E-state index in [1.165, 1.54) is 49.0 Å². The maximum Gasteiger partial charge on any atom is 0.407 e. The van der Waals surface area contributed by atoms with E-state index < -0.39 is 6.09 Å². The van der Waals surface area contributed by atoms with Gasteiger partial charge in [-0.25, -0.2) is 4.79 Å². The van der Waals surface area contributed by atoms with Gasteiger partial charge in [-0.3, -0.25) is 4.79 Å². The Morgan fingerprint density at radius 1 is 1.08 bits per heavy atom. The number of hydrogen-bond donors (Lipinski definition) is 1. The fourth-order valence-electron chi connectivity index (χ4n) is 3.60. The molecule has 2 rings (SSSR count). The Kier molecular flexibility index (Phi) is 7.96. The van der Waals surface area contributed by atoms with Crippen LogP contribution in [0.4, 0.5) is 4.79 Å². The van der Waals surface area contributed by atoms with Crippen LogP contribution in [0.5, 0.6) is 0 Å². The maximum absolute atomic E-state index is 12.4. The van der Waals surface area contributed by atoms with Crippen molar-refractivity contribution in [1.29, 1.82) is 0 Å². The van der Waals surface area contributed by atoms with Gasteiger partial charge in [0, 0.05) is 24.6 Å². The minimum Gasteiger partial charge on any atom is -0.465 e. The van der Waals surface area contributed by atoms with Crippen LogP contribution in [-0.2, 0) is 6.42 Å². The van der Waals surface area contributed by atoms with Crippen molar-refractivity contribution in [2.75, 3.05) is 6.54 Å². The van der Waals surface area contributed by atoms with E-state index >= 15 is 0 Å². The number of likely N-dealkylation sites (tertiary alicyclic amines) is 1. The number of carbonyl (C=O) groups excluding carboxylic acids is 1. The highest BCUT2D eigenvalue weighted by Crippen LogP contribution is 2.22. The van der Waals surface area contributed by atoms with Gasteiger partial charge in [0.25, 0.3) is 0 Å². The van der Waals surface area contributed by atoms with E-state index in [9.17, 15) is 9.59 Å². The number of unbranched alkanes of at least 4 members (excludes halogenated alkanes) is 5. The number of ketones is 1. The molecule has 1 fully saturated rings. The van der Waals surface area contributed by atoms with Gasteiger partial charge >= 0.3 is 6.09 Å². The van der Waals surface area contributed by atoms with Crippen LogP contribution in [0.1, 0.15) is 80.6 Å². The van der Waals surface area contributed by atoms with Gasteiger partial charge in [-0.2, -0.15) is 0 Å². The first-order valence-corrected chi connectivity index (χ1v) is 9.73. The lowest BCUT2D eigenvalue weighted by atomic mass is 9.99. The number of carbonyl (C=O) groups is 2. The molecule has 0 aliphatic carbocycles. The molecule has 1 atom stereocenters. The second kappa shape index (κ2) is 10.2. The van der Waals surface area contributed by atoms with Crippen LogP contribution in [0, 0.1) is 0 Å². The van der Waals surface area contributed by atoms with E-state index in [2.05, 4.69) is 6.92 Å². The largest absolute Gasteiger partial charge is 0.465 e. The van der Waals surface area contributed by atoms with Crippen LogP contribution in [0.2, 0.25) is 0 Å². The molecule has 1 heterocycles. The van der Waals surface area contributed by atoms with Crippen LogP contribution in [0.25, 0.3) is 0 Å². The predicted octanol–water partition coefficient (Wildman–Crippen LogP) is 5.30. The highest BCUT2D eigenvalue weighted by atomic mass is 16.4. The standard InChI is InChI=1S/C21H31NO3/c1-2-3-4-5-6-7-9-17-11-13-18(14-12-17)20(23)16-19-10-8-15-22(19)21(24)25/h11-14,19H,2-10,15-16H2,1H3,(H,24,25). The van der Waals surface area contributed by atoms with Crippen molar-refractivity contribution < 1.29 is 14.7 Å². The average Bonchev–Trinajstić information content (AvgIpc) is 3.07. The molecule has 0 spiro atoms. The zero-order valence-electron chi connectivity index (χ0n) is 15.4. The molecular formula is C21H31NO3. The van der Waals surface area contributed by atoms with Crippen LogP contribution in [0.15, 0.2) is 24.3 Å². The van der Waals surface area contributed by atoms with Gasteiger partial charge in [0.2, 0.25) is 0 Å². The molecule has 1 amide bonds. The summed E-state index contributed by atoms with van der Waals surface area (Å²) >= 11 is 0. The van der Waals surface area contributed by atoms with Gasteiger partial charge in [0.05, 0.1) is 0 Å². The van der Waals surface area contributed by atoms with E-state index in [4.69, 9.17) is 5.11 Å². The molecule has 4 heteroatoms. The van der Waals surface area contributed by atoms with Crippen molar-refractivity contribution in [2.45, 2.75) is 77.2 Å². The van der Waals surface area contributed by atoms with Gasteiger partial charge in [-0.05, 0) is 31.2 Å². The van der Waals surface area contributed by atoms with Crippen molar-refractivity contribution >= 4 is 11.9 Å². The Labute approximate surface area is 151 Å². The number of amides is 1. The summed E-state index contributed by atoms with van der Waals surface area (Å²) in [7, 11) is 0. The lowest BCUT2D eigenvalue weighted by molar-refractivity contribution is 0.0934. The summed E-state index contributed by atoms with van der Waals surface area (Å²) in [4.78, 5) is 25.0. The van der Waals surface area contributed by atoms with Crippen molar-refractivity contribution in [1.82, 2.24) is 4.90 Å². The highest BCUT2D eigenvalue weighted by molar-refractivity contribution is 5.96. The Balaban J connectivity index is 1.77. The first kappa shape index (κ1) is 19.5. The fraction of sp³-hybridized carbons (Fsp3) is 0.619. The van der Waals surface area contributed by atoms with Crippen LogP contribution in [-0.4, -0.2) is 34.5 Å². The minimum absolute atomic E-state index is 0.0456. The third-order valence-electron chi connectivity index (χ3n) is 5.14. The Bertz CT molecular complexity index is 553. The Hall–Kier alpha value is -1.84. The Morgan fingerprint density at radius 2 is 1.76 bits per heavy atom. The first-order chi connectivity index (χ1) is 12.1. The van der Waals surface area contributed by atoms with Gasteiger partial charge in [0.1, 0.15) is 0 Å². The molecule has 1 aliphatic rings. The monoisotopic (exact) mass is 345 g/mol. The van der Waals surface area contributed by atoms with Crippen molar-refractivity contribution in [3.63, 3.8) is 0 Å². The molecule has 0 aromatic heterocycles. The summed E-state index contributed by atoms with van der Waals surface area (Å²) in [6, 6.07) is 7.72. The quantitative estimate of drug-likeness (QED) is 0.462. The van der Waals surface area contributed by atoms with Gasteiger partial charge < -0.3 is 10.0 Å². The van der Waals surface area contributed by atoms with E-state index in [1.807, 2.05) is 24.3 Å². The third-order valence-corrected chi connectivity index (χ3v) is 5.14. The minimum atomic E-state index is -0.912. The zero-order chi connectivity index (χ0) is 18.1. The maximum atomic E-state index is 12.4. The van der Waals surface area contributed by atoms with E-state index in [1.54, 1.807) is 0 Å². The van der Waals surface area contributed by atoms with Crippen molar-refractivity contribution in [3.05, 3.63) is 35.4 Å². The summed E-state index contributed by atoms with van der Waals surface area (Å²) in [6.07, 6.45) is 9.81. The van der Waals surface area contributed by atoms with Gasteiger partial charge in [0.15, 0.2) is 5.78 Å². The lowest BCUT2D eigenvalue weighted by Gasteiger charge is -2.20. The van der Waals surface area contributed by atoms with Crippen LogP contribution >= 0.6 is 0 Å².